The zero-order valence-corrected chi connectivity index (χ0v) is 41.4. The van der Waals surface area contributed by atoms with Gasteiger partial charge in [-0.3, -0.25) is 23.0 Å². The van der Waals surface area contributed by atoms with Gasteiger partial charge in [0.15, 0.2) is 5.71 Å². The van der Waals surface area contributed by atoms with Crippen LogP contribution in [0.5, 0.6) is 11.5 Å². The molecule has 0 radical (unpaired) electrons. The number of fused-ring (bicyclic) bond motifs is 2. The molecule has 7 aromatic rings. The van der Waals surface area contributed by atoms with Gasteiger partial charge in [0.2, 0.25) is 0 Å². The van der Waals surface area contributed by atoms with E-state index in [1.54, 1.807) is 98.2 Å². The predicted octanol–water partition coefficient (Wildman–Crippen LogP) is 6.91. The number of benzene rings is 6. The second kappa shape index (κ2) is 23.5. The summed E-state index contributed by atoms with van der Waals surface area (Å²) in [6.07, 6.45) is 3.31. The number of sulfonamides is 2. The van der Waals surface area contributed by atoms with E-state index in [1.807, 2.05) is 45.0 Å². The molecule has 0 aliphatic carbocycles. The Morgan fingerprint density at radius 1 is 0.653 bits per heavy atom. The van der Waals surface area contributed by atoms with Crippen molar-refractivity contribution in [3.05, 3.63) is 174 Å². The van der Waals surface area contributed by atoms with Gasteiger partial charge < -0.3 is 24.5 Å². The number of ether oxygens (including phenoxy) is 3. The van der Waals surface area contributed by atoms with Crippen molar-refractivity contribution in [1.29, 1.82) is 0 Å². The number of rotatable bonds is 19. The first-order valence-electron chi connectivity index (χ1n) is 22.5. The third-order valence-corrected chi connectivity index (χ3v) is 14.4. The first kappa shape index (κ1) is 51.5. The molecule has 72 heavy (non-hydrogen) atoms. The number of carbonyl (C=O) groups is 3. The number of anilines is 3. The van der Waals surface area contributed by atoms with Crippen LogP contribution in [0.15, 0.2) is 172 Å². The fraction of sp³-hybridized carbons (Fsp3) is 0.173. The number of H-pyrrole nitrogens is 1. The third-order valence-electron chi connectivity index (χ3n) is 10.9. The van der Waals surface area contributed by atoms with Crippen LogP contribution in [0.4, 0.5) is 17.1 Å². The van der Waals surface area contributed by atoms with Crippen LogP contribution >= 0.6 is 0 Å². The highest BCUT2D eigenvalue weighted by molar-refractivity contribution is 7.93. The number of aromatic amines is 1. The number of hydrogen-bond donors (Lipinski definition) is 4. The summed E-state index contributed by atoms with van der Waals surface area (Å²) in [7, 11) is -6.61. The Balaban J connectivity index is 0.000000212. The molecule has 0 bridgehead atoms. The minimum atomic E-state index is -4.14. The van der Waals surface area contributed by atoms with Gasteiger partial charge in [-0.05, 0) is 106 Å². The molecule has 4 N–H and O–H groups in total. The third kappa shape index (κ3) is 12.7. The number of aryl methyl sites for hydroxylation is 2. The van der Waals surface area contributed by atoms with E-state index in [1.165, 1.54) is 42.6 Å². The van der Waals surface area contributed by atoms with Gasteiger partial charge in [-0.25, -0.2) is 27.7 Å². The summed E-state index contributed by atoms with van der Waals surface area (Å²) in [4.78, 5) is 41.0. The molecule has 1 aromatic heterocycles. The number of hydrogen-bond acceptors (Lipinski definition) is 12. The number of aromatic nitrogens is 1. The Bertz CT molecular complexity index is 3310. The largest absolute Gasteiger partial charge is 0.494 e. The van der Waals surface area contributed by atoms with Crippen LogP contribution in [0.3, 0.4) is 0 Å². The molecule has 6 aromatic carbocycles. The van der Waals surface area contributed by atoms with E-state index in [-0.39, 0.29) is 15.5 Å². The van der Waals surface area contributed by atoms with Gasteiger partial charge in [0.05, 0.1) is 46.3 Å². The highest BCUT2D eigenvalue weighted by Gasteiger charge is 2.30. The summed E-state index contributed by atoms with van der Waals surface area (Å²) < 4.78 is 72.1. The number of nitrogens with zero attached hydrogens (tertiary/aromatic N) is 4. The summed E-state index contributed by atoms with van der Waals surface area (Å²) in [5, 5.41) is 11.6. The molecule has 0 unspecified atom stereocenters. The standard InChI is InChI=1S/C26H26N4O6S.C26H26N4O4S/c1-18-7-9-19(10-8-18)30(37(33,34)21-13-11-20(12-14-21)36-16-15-35-2)17-24(31)28-29-25-22-5-3-4-6-23(22)27-26(25)32;1-3-34-22-12-14-23(15-13-22)35(32,33)30(21-10-8-19(2)9-11-21)18-26(31)29-28-17-20-16-27-25-7-5-4-6-24(20)25/h3-14H,15-17H2,1-2H3,(H,28,31)(H,27,29,32);4-17,27H,3,18H2,1-2H3,(H,29,31)/b;28-17+. The van der Waals surface area contributed by atoms with Crippen LogP contribution in [0.25, 0.3) is 10.9 Å². The summed E-state index contributed by atoms with van der Waals surface area (Å²) in [6.45, 7) is 5.82. The van der Waals surface area contributed by atoms with Gasteiger partial charge in [-0.2, -0.15) is 10.2 Å². The molecule has 0 saturated carbocycles. The molecule has 1 aliphatic rings. The maximum absolute atomic E-state index is 13.6. The lowest BCUT2D eigenvalue weighted by atomic mass is 10.1. The molecule has 2 heterocycles. The SMILES string of the molecule is CCOc1ccc(S(=O)(=O)N(CC(=O)N/N=C/c2c[nH]c3ccccc23)c2ccc(C)cc2)cc1.COCCOc1ccc(S(=O)(=O)N(CC(=O)N/N=C2\C(=O)Nc3ccccc32)c2ccc(C)cc2)cc1. The zero-order valence-electron chi connectivity index (χ0n) is 39.7. The number of methoxy groups -OCH3 is 1. The van der Waals surface area contributed by atoms with Gasteiger partial charge >= 0.3 is 0 Å². The minimum absolute atomic E-state index is 0.0182. The molecule has 8 rings (SSSR count). The molecule has 0 spiro atoms. The number of para-hydroxylation sites is 2. The van der Waals surface area contributed by atoms with Crippen molar-refractivity contribution in [2.45, 2.75) is 30.6 Å². The van der Waals surface area contributed by atoms with Gasteiger partial charge in [0.1, 0.15) is 31.2 Å². The van der Waals surface area contributed by atoms with Crippen molar-refractivity contribution in [2.24, 2.45) is 10.2 Å². The van der Waals surface area contributed by atoms with E-state index in [0.717, 1.165) is 36.2 Å². The molecule has 0 fully saturated rings. The van der Waals surface area contributed by atoms with Crippen LogP contribution in [0.1, 0.15) is 29.2 Å². The summed E-state index contributed by atoms with van der Waals surface area (Å²) >= 11 is 0. The Morgan fingerprint density at radius 2 is 1.18 bits per heavy atom. The smallest absolute Gasteiger partial charge is 0.276 e. The lowest BCUT2D eigenvalue weighted by Gasteiger charge is -2.24. The minimum Gasteiger partial charge on any atom is -0.494 e. The quantitative estimate of drug-likeness (QED) is 0.0372. The van der Waals surface area contributed by atoms with E-state index in [9.17, 15) is 31.2 Å². The van der Waals surface area contributed by atoms with Crippen LogP contribution in [-0.4, -0.2) is 91.5 Å². The van der Waals surface area contributed by atoms with Gasteiger partial charge in [-0.15, -0.1) is 0 Å². The highest BCUT2D eigenvalue weighted by Crippen LogP contribution is 2.28. The van der Waals surface area contributed by atoms with Gasteiger partial charge in [0, 0.05) is 35.3 Å². The van der Waals surface area contributed by atoms with Crippen molar-refractivity contribution in [3.63, 3.8) is 0 Å². The lowest BCUT2D eigenvalue weighted by Crippen LogP contribution is -2.40. The van der Waals surface area contributed by atoms with E-state index in [0.29, 0.717) is 53.9 Å². The molecule has 0 saturated heterocycles. The maximum atomic E-state index is 13.6. The fourth-order valence-electron chi connectivity index (χ4n) is 7.17. The first-order valence-corrected chi connectivity index (χ1v) is 25.3. The van der Waals surface area contributed by atoms with E-state index in [4.69, 9.17) is 14.2 Å². The molecule has 18 nitrogen and oxygen atoms in total. The number of hydrazone groups is 2. The Morgan fingerprint density at radius 3 is 1.75 bits per heavy atom. The highest BCUT2D eigenvalue weighted by atomic mass is 32.2. The predicted molar refractivity (Wildman–Crippen MR) is 277 cm³/mol. The topological polar surface area (TPSA) is 230 Å². The van der Waals surface area contributed by atoms with E-state index in [2.05, 4.69) is 31.4 Å². The van der Waals surface area contributed by atoms with E-state index < -0.39 is 50.9 Å². The number of carbonyl (C=O) groups excluding carboxylic acids is 3. The van der Waals surface area contributed by atoms with Crippen molar-refractivity contribution in [2.75, 3.05) is 53.9 Å². The summed E-state index contributed by atoms with van der Waals surface area (Å²) in [5.41, 5.74) is 10.3. The normalized spacial score (nSPS) is 12.7. The number of nitrogens with one attached hydrogen (secondary N) is 4. The molecule has 372 valence electrons. The molecule has 20 heteroatoms. The van der Waals surface area contributed by atoms with Crippen LogP contribution in [-0.2, 0) is 39.2 Å². The molecular weight excluding hydrogens is 961 g/mol. The molecule has 3 amide bonds. The number of amides is 3. The summed E-state index contributed by atoms with van der Waals surface area (Å²) in [6, 6.07) is 40.4. The van der Waals surface area contributed by atoms with Gasteiger partial charge in [-0.1, -0.05) is 71.8 Å². The van der Waals surface area contributed by atoms with Crippen LogP contribution in [0.2, 0.25) is 0 Å². The van der Waals surface area contributed by atoms with Crippen molar-refractivity contribution >= 4 is 77.7 Å². The Hall–Kier alpha value is -8.33. The van der Waals surface area contributed by atoms with Crippen molar-refractivity contribution in [3.8, 4) is 11.5 Å². The monoisotopic (exact) mass is 1010 g/mol. The van der Waals surface area contributed by atoms with Crippen LogP contribution in [0, 0.1) is 13.8 Å². The van der Waals surface area contributed by atoms with Crippen LogP contribution < -0.4 is 34.3 Å². The van der Waals surface area contributed by atoms with Gasteiger partial charge in [0.25, 0.3) is 37.8 Å². The average Bonchev–Trinajstić information content (AvgIpc) is 3.94. The Kier molecular flexibility index (Phi) is 16.8. The zero-order chi connectivity index (χ0) is 51.3. The second-order valence-electron chi connectivity index (χ2n) is 16.0. The maximum Gasteiger partial charge on any atom is 0.276 e. The molecule has 1 aliphatic heterocycles. The van der Waals surface area contributed by atoms with Crippen molar-refractivity contribution in [1.82, 2.24) is 15.8 Å². The fourth-order valence-corrected chi connectivity index (χ4v) is 10.0. The summed E-state index contributed by atoms with van der Waals surface area (Å²) in [5.74, 6) is -0.693. The Labute approximate surface area is 417 Å². The molecule has 0 atom stereocenters. The average molecular weight is 1010 g/mol. The second-order valence-corrected chi connectivity index (χ2v) is 19.7. The lowest BCUT2D eigenvalue weighted by molar-refractivity contribution is -0.120. The first-order chi connectivity index (χ1) is 34.7. The van der Waals surface area contributed by atoms with E-state index >= 15 is 0 Å². The van der Waals surface area contributed by atoms with Crippen molar-refractivity contribution < 1.29 is 45.4 Å². The molecular formula is C52H52N8O10S2.